The summed E-state index contributed by atoms with van der Waals surface area (Å²) in [4.78, 5) is 22.9. The maximum atomic E-state index is 11.6. The van der Waals surface area contributed by atoms with E-state index in [1.807, 2.05) is 0 Å². The van der Waals surface area contributed by atoms with E-state index in [1.54, 1.807) is 0 Å². The Hall–Kier alpha value is -1.60. The van der Waals surface area contributed by atoms with Crippen LogP contribution in [-0.4, -0.2) is 131 Å². The number of nitrogens with one attached hydrogen (secondary N) is 1. The molecule has 0 aliphatic carbocycles. The SMILES string of the molecule is CC(=O)N[C@H]1C(O)O[C@H](COS(=O)(=O)O)[C@H](OS(=O)(=O)O)[C@@H]1O[C@@H]1O[C@H](C(=O)O)[C@@H](O)[C@H](O)[C@H]1O. The molecule has 204 valence electrons. The maximum Gasteiger partial charge on any atom is 0.397 e. The predicted octanol–water partition coefficient (Wildman–Crippen LogP) is -5.51. The van der Waals surface area contributed by atoms with Gasteiger partial charge < -0.3 is 45.1 Å². The van der Waals surface area contributed by atoms with E-state index in [9.17, 15) is 46.9 Å². The number of hydrogen-bond acceptors (Lipinski definition) is 15. The van der Waals surface area contributed by atoms with Crippen LogP contribution in [0.2, 0.25) is 0 Å². The van der Waals surface area contributed by atoms with Gasteiger partial charge in [0.15, 0.2) is 18.7 Å². The fourth-order valence-electron chi connectivity index (χ4n) is 3.33. The fourth-order valence-corrected chi connectivity index (χ4v) is 4.15. The first-order valence-electron chi connectivity index (χ1n) is 9.37. The predicted molar refractivity (Wildman–Crippen MR) is 102 cm³/mol. The number of hydrogen-bond donors (Lipinski definition) is 8. The Bertz CT molecular complexity index is 985. The van der Waals surface area contributed by atoms with Crippen LogP contribution in [-0.2, 0) is 53.0 Å². The monoisotopic (exact) mass is 557 g/mol. The lowest BCUT2D eigenvalue weighted by atomic mass is 9.95. The van der Waals surface area contributed by atoms with Gasteiger partial charge in [0.1, 0.15) is 42.7 Å². The van der Waals surface area contributed by atoms with Crippen LogP contribution in [0.3, 0.4) is 0 Å². The summed E-state index contributed by atoms with van der Waals surface area (Å²) in [5.74, 6) is -2.69. The largest absolute Gasteiger partial charge is 0.479 e. The maximum absolute atomic E-state index is 11.6. The quantitative estimate of drug-likeness (QED) is 0.123. The Kier molecular flexibility index (Phi) is 9.48. The summed E-state index contributed by atoms with van der Waals surface area (Å²) in [5, 5.41) is 51.5. The van der Waals surface area contributed by atoms with Gasteiger partial charge >= 0.3 is 26.8 Å². The van der Waals surface area contributed by atoms with Crippen molar-refractivity contribution in [2.75, 3.05) is 6.61 Å². The summed E-state index contributed by atoms with van der Waals surface area (Å²) in [6, 6.07) is -1.82. The minimum Gasteiger partial charge on any atom is -0.479 e. The van der Waals surface area contributed by atoms with Crippen molar-refractivity contribution in [3.8, 4) is 0 Å². The average molecular weight is 557 g/mol. The molecule has 0 aromatic carbocycles. The molecule has 8 N–H and O–H groups in total. The van der Waals surface area contributed by atoms with Crippen LogP contribution in [0, 0.1) is 0 Å². The summed E-state index contributed by atoms with van der Waals surface area (Å²) in [6.45, 7) is -0.321. The first kappa shape index (κ1) is 29.6. The number of amides is 1. The molecule has 2 heterocycles. The topological polar surface area (TPSA) is 302 Å². The summed E-state index contributed by atoms with van der Waals surface area (Å²) < 4.78 is 86.3. The summed E-state index contributed by atoms with van der Waals surface area (Å²) in [6.07, 6.45) is -19.3. The molecule has 2 fully saturated rings. The Labute approximate surface area is 197 Å². The van der Waals surface area contributed by atoms with Crippen molar-refractivity contribution in [1.29, 1.82) is 0 Å². The van der Waals surface area contributed by atoms with Gasteiger partial charge in [0.25, 0.3) is 0 Å². The number of ether oxygens (including phenoxy) is 3. The number of aliphatic carboxylic acids is 1. The van der Waals surface area contributed by atoms with Gasteiger partial charge in [0.05, 0.1) is 6.61 Å². The van der Waals surface area contributed by atoms with Crippen molar-refractivity contribution < 1.29 is 83.6 Å². The third-order valence-corrected chi connectivity index (χ3v) is 5.65. The smallest absolute Gasteiger partial charge is 0.397 e. The molecule has 0 spiro atoms. The van der Waals surface area contributed by atoms with Gasteiger partial charge in [-0.25, -0.2) is 13.2 Å². The third kappa shape index (κ3) is 7.94. The van der Waals surface area contributed by atoms with Crippen LogP contribution >= 0.6 is 0 Å². The highest BCUT2D eigenvalue weighted by molar-refractivity contribution is 7.81. The standard InChI is InChI=1S/C14H23NO18S2/c1-3(16)15-5-10(31-14-8(19)6(17)7(18)11(32-14)12(20)21)9(33-35(26,27)28)4(30-13(5)22)2-29-34(23,24)25/h4-11,13-14,17-19,22H,2H2,1H3,(H,15,16)(H,20,21)(H,23,24,25)(H,26,27,28)/t4-,5-,6+,7+,8-,9+,10-,11+,13?,14-/m1/s1. The van der Waals surface area contributed by atoms with E-state index < -0.39 is 101 Å². The van der Waals surface area contributed by atoms with E-state index in [-0.39, 0.29) is 0 Å². The lowest BCUT2D eigenvalue weighted by molar-refractivity contribution is -0.334. The van der Waals surface area contributed by atoms with Crippen molar-refractivity contribution in [2.45, 2.75) is 68.3 Å². The van der Waals surface area contributed by atoms with Gasteiger partial charge in [0, 0.05) is 6.92 Å². The van der Waals surface area contributed by atoms with Crippen molar-refractivity contribution in [2.24, 2.45) is 0 Å². The van der Waals surface area contributed by atoms with Crippen LogP contribution in [0.1, 0.15) is 6.92 Å². The average Bonchev–Trinajstić information content (AvgIpc) is 2.69. The first-order chi connectivity index (χ1) is 15.9. The van der Waals surface area contributed by atoms with Gasteiger partial charge in [0.2, 0.25) is 5.91 Å². The second-order valence-electron chi connectivity index (χ2n) is 7.33. The summed E-state index contributed by atoms with van der Waals surface area (Å²) >= 11 is 0. The molecule has 2 aliphatic rings. The Morgan fingerprint density at radius 2 is 1.51 bits per heavy atom. The van der Waals surface area contributed by atoms with Crippen LogP contribution in [0.25, 0.3) is 0 Å². The molecule has 21 heteroatoms. The number of rotatable bonds is 9. The molecular weight excluding hydrogens is 534 g/mol. The van der Waals surface area contributed by atoms with Crippen LogP contribution in [0.5, 0.6) is 0 Å². The molecule has 0 aromatic rings. The van der Waals surface area contributed by atoms with E-state index in [0.717, 1.165) is 6.92 Å². The fraction of sp³-hybridized carbons (Fsp3) is 0.857. The minimum atomic E-state index is -5.42. The third-order valence-electron chi connectivity index (χ3n) is 4.75. The highest BCUT2D eigenvalue weighted by Gasteiger charge is 2.54. The van der Waals surface area contributed by atoms with Gasteiger partial charge in [-0.2, -0.15) is 16.8 Å². The highest BCUT2D eigenvalue weighted by Crippen LogP contribution is 2.31. The number of carbonyl (C=O) groups is 2. The Balaban J connectivity index is 2.48. The van der Waals surface area contributed by atoms with Gasteiger partial charge in [-0.05, 0) is 0 Å². The molecule has 19 nitrogen and oxygen atoms in total. The number of aliphatic hydroxyl groups excluding tert-OH is 4. The lowest BCUT2D eigenvalue weighted by Crippen LogP contribution is -2.68. The molecule has 1 unspecified atom stereocenters. The molecule has 1 amide bonds. The summed E-state index contributed by atoms with van der Waals surface area (Å²) in [5.41, 5.74) is 0. The molecule has 0 saturated carbocycles. The highest BCUT2D eigenvalue weighted by atomic mass is 32.3. The second-order valence-corrected chi connectivity index (χ2v) is 9.47. The zero-order chi connectivity index (χ0) is 26.9. The number of carbonyl (C=O) groups excluding carboxylic acids is 1. The van der Waals surface area contributed by atoms with E-state index in [1.165, 1.54) is 0 Å². The number of carboxylic acid groups (broad SMARTS) is 1. The molecule has 0 radical (unpaired) electrons. The normalized spacial score (nSPS) is 38.6. The number of carboxylic acids is 1. The van der Waals surface area contributed by atoms with E-state index >= 15 is 0 Å². The van der Waals surface area contributed by atoms with E-state index in [2.05, 4.69) is 13.7 Å². The van der Waals surface area contributed by atoms with Crippen LogP contribution in [0.4, 0.5) is 0 Å². The summed E-state index contributed by atoms with van der Waals surface area (Å²) in [7, 11) is -10.6. The zero-order valence-corrected chi connectivity index (χ0v) is 19.1. The van der Waals surface area contributed by atoms with E-state index in [0.29, 0.717) is 0 Å². The molecule has 35 heavy (non-hydrogen) atoms. The van der Waals surface area contributed by atoms with Gasteiger partial charge in [-0.3, -0.25) is 13.9 Å². The molecule has 10 atom stereocenters. The Morgan fingerprint density at radius 3 is 2.00 bits per heavy atom. The molecule has 0 aromatic heterocycles. The lowest BCUT2D eigenvalue weighted by Gasteiger charge is -2.46. The number of aliphatic hydroxyl groups is 4. The van der Waals surface area contributed by atoms with Gasteiger partial charge in [-0.1, -0.05) is 0 Å². The van der Waals surface area contributed by atoms with Crippen LogP contribution in [0.15, 0.2) is 0 Å². The van der Waals surface area contributed by atoms with Gasteiger partial charge in [-0.15, -0.1) is 0 Å². The Morgan fingerprint density at radius 1 is 0.914 bits per heavy atom. The van der Waals surface area contributed by atoms with E-state index in [4.69, 9.17) is 28.4 Å². The van der Waals surface area contributed by atoms with Crippen LogP contribution < -0.4 is 5.32 Å². The van der Waals surface area contributed by atoms with Crippen molar-refractivity contribution in [3.05, 3.63) is 0 Å². The first-order valence-corrected chi connectivity index (χ1v) is 12.1. The zero-order valence-electron chi connectivity index (χ0n) is 17.4. The van der Waals surface area contributed by atoms with Crippen molar-refractivity contribution in [1.82, 2.24) is 5.32 Å². The molecule has 2 aliphatic heterocycles. The molecule has 2 saturated heterocycles. The van der Waals surface area contributed by atoms with Crippen molar-refractivity contribution in [3.63, 3.8) is 0 Å². The molecule has 0 bridgehead atoms. The second kappa shape index (κ2) is 11.2. The van der Waals surface area contributed by atoms with Crippen molar-refractivity contribution >= 4 is 32.7 Å². The molecular formula is C14H23NO18S2. The molecule has 2 rings (SSSR count). The minimum absolute atomic E-state index is 0.881.